The molecule has 2 rings (SSSR count). The fourth-order valence-corrected chi connectivity index (χ4v) is 2.59. The van der Waals surface area contributed by atoms with Crippen LogP contribution in [0, 0.1) is 11.7 Å². The molecule has 1 heterocycles. The maximum atomic E-state index is 13.4. The highest BCUT2D eigenvalue weighted by atomic mass is 19.1. The summed E-state index contributed by atoms with van der Waals surface area (Å²) in [7, 11) is 1.49. The minimum absolute atomic E-state index is 0.249. The molecule has 0 amide bonds. The van der Waals surface area contributed by atoms with E-state index in [-0.39, 0.29) is 11.9 Å². The second-order valence-corrected chi connectivity index (χ2v) is 5.06. The number of hydrogen-bond acceptors (Lipinski definition) is 3. The molecule has 0 saturated carbocycles. The molecular weight excluding hydrogens is 231 g/mol. The Hall–Kier alpha value is -1.29. The molecule has 0 aromatic heterocycles. The topological polar surface area (TPSA) is 38.5 Å². The number of nitrogens with two attached hydrogens (primary N) is 1. The van der Waals surface area contributed by atoms with Gasteiger partial charge >= 0.3 is 0 Å². The van der Waals surface area contributed by atoms with Crippen molar-refractivity contribution in [2.45, 2.75) is 32.4 Å². The standard InChI is InChI=1S/C14H21FN2O/c1-9-10(2)17(7-6-13(9)16)11-4-5-12(15)14(8-11)18-3/h4-5,8-10,13H,6-7,16H2,1-3H3. The lowest BCUT2D eigenvalue weighted by Crippen LogP contribution is -2.51. The zero-order valence-corrected chi connectivity index (χ0v) is 11.2. The summed E-state index contributed by atoms with van der Waals surface area (Å²) in [6, 6.07) is 5.62. The van der Waals surface area contributed by atoms with E-state index in [0.717, 1.165) is 18.7 Å². The van der Waals surface area contributed by atoms with Crippen LogP contribution in [-0.2, 0) is 0 Å². The van der Waals surface area contributed by atoms with E-state index < -0.39 is 0 Å². The zero-order valence-electron chi connectivity index (χ0n) is 11.2. The lowest BCUT2D eigenvalue weighted by Gasteiger charge is -2.42. The summed E-state index contributed by atoms with van der Waals surface area (Å²) >= 11 is 0. The largest absolute Gasteiger partial charge is 0.494 e. The van der Waals surface area contributed by atoms with Crippen molar-refractivity contribution in [2.75, 3.05) is 18.6 Å². The second-order valence-electron chi connectivity index (χ2n) is 5.06. The van der Waals surface area contributed by atoms with E-state index in [1.807, 2.05) is 0 Å². The van der Waals surface area contributed by atoms with Crippen molar-refractivity contribution in [3.63, 3.8) is 0 Å². The van der Waals surface area contributed by atoms with Gasteiger partial charge in [0.2, 0.25) is 0 Å². The third kappa shape index (κ3) is 2.29. The van der Waals surface area contributed by atoms with Gasteiger partial charge in [0, 0.05) is 30.4 Å². The second kappa shape index (κ2) is 5.14. The van der Waals surface area contributed by atoms with Gasteiger partial charge < -0.3 is 15.4 Å². The van der Waals surface area contributed by atoms with Gasteiger partial charge in [0.25, 0.3) is 0 Å². The lowest BCUT2D eigenvalue weighted by molar-refractivity contribution is 0.315. The van der Waals surface area contributed by atoms with Crippen LogP contribution in [0.3, 0.4) is 0 Å². The van der Waals surface area contributed by atoms with Crippen LogP contribution in [0.4, 0.5) is 10.1 Å². The number of methoxy groups -OCH3 is 1. The molecule has 1 aliphatic heterocycles. The molecule has 1 fully saturated rings. The van der Waals surface area contributed by atoms with E-state index >= 15 is 0 Å². The fraction of sp³-hybridized carbons (Fsp3) is 0.571. The summed E-state index contributed by atoms with van der Waals surface area (Å²) in [6.45, 7) is 5.24. The molecule has 2 N–H and O–H groups in total. The Kier molecular flexibility index (Phi) is 3.76. The average Bonchev–Trinajstić information content (AvgIpc) is 2.37. The summed E-state index contributed by atoms with van der Waals surface area (Å²) in [4.78, 5) is 2.27. The number of halogens is 1. The molecule has 0 spiro atoms. The third-order valence-electron chi connectivity index (χ3n) is 4.10. The Morgan fingerprint density at radius 1 is 1.39 bits per heavy atom. The SMILES string of the molecule is COc1cc(N2CCC(N)C(C)C2C)ccc1F. The lowest BCUT2D eigenvalue weighted by atomic mass is 9.87. The number of piperidine rings is 1. The minimum atomic E-state index is -0.323. The summed E-state index contributed by atoms with van der Waals surface area (Å²) in [6.07, 6.45) is 0.963. The monoisotopic (exact) mass is 252 g/mol. The summed E-state index contributed by atoms with van der Waals surface area (Å²) in [5.74, 6) is 0.396. The highest BCUT2D eigenvalue weighted by Gasteiger charge is 2.30. The number of hydrogen-bond donors (Lipinski definition) is 1. The maximum absolute atomic E-state index is 13.4. The molecule has 0 radical (unpaired) electrons. The van der Waals surface area contributed by atoms with Gasteiger partial charge in [0.15, 0.2) is 11.6 Å². The first-order valence-corrected chi connectivity index (χ1v) is 6.40. The molecule has 0 aliphatic carbocycles. The van der Waals surface area contributed by atoms with Crippen LogP contribution >= 0.6 is 0 Å². The van der Waals surface area contributed by atoms with Crippen LogP contribution in [0.2, 0.25) is 0 Å². The smallest absolute Gasteiger partial charge is 0.165 e. The van der Waals surface area contributed by atoms with Crippen molar-refractivity contribution < 1.29 is 9.13 Å². The van der Waals surface area contributed by atoms with E-state index in [1.54, 1.807) is 12.1 Å². The van der Waals surface area contributed by atoms with Gasteiger partial charge in [-0.15, -0.1) is 0 Å². The number of rotatable bonds is 2. The van der Waals surface area contributed by atoms with Gasteiger partial charge in [-0.2, -0.15) is 0 Å². The van der Waals surface area contributed by atoms with Crippen molar-refractivity contribution in [1.82, 2.24) is 0 Å². The van der Waals surface area contributed by atoms with Gasteiger partial charge in [-0.3, -0.25) is 0 Å². The van der Waals surface area contributed by atoms with Crippen LogP contribution in [0.15, 0.2) is 18.2 Å². The average molecular weight is 252 g/mol. The molecule has 100 valence electrons. The quantitative estimate of drug-likeness (QED) is 0.878. The molecule has 1 aromatic carbocycles. The van der Waals surface area contributed by atoms with Crippen LogP contribution in [0.1, 0.15) is 20.3 Å². The van der Waals surface area contributed by atoms with Crippen molar-refractivity contribution in [2.24, 2.45) is 11.7 Å². The van der Waals surface area contributed by atoms with Crippen molar-refractivity contribution in [1.29, 1.82) is 0 Å². The number of benzene rings is 1. The van der Waals surface area contributed by atoms with Gasteiger partial charge in [-0.25, -0.2) is 4.39 Å². The van der Waals surface area contributed by atoms with E-state index in [9.17, 15) is 4.39 Å². The summed E-state index contributed by atoms with van der Waals surface area (Å²) in [5.41, 5.74) is 7.08. The van der Waals surface area contributed by atoms with Crippen molar-refractivity contribution >= 4 is 5.69 Å². The van der Waals surface area contributed by atoms with Crippen LogP contribution < -0.4 is 15.4 Å². The van der Waals surface area contributed by atoms with Gasteiger partial charge in [0.05, 0.1) is 7.11 Å². The Bertz CT molecular complexity index is 424. The first kappa shape index (κ1) is 13.1. The van der Waals surface area contributed by atoms with Crippen molar-refractivity contribution in [3.8, 4) is 5.75 Å². The predicted octanol–water partition coefficient (Wildman–Crippen LogP) is 2.40. The van der Waals surface area contributed by atoms with Crippen LogP contribution in [0.5, 0.6) is 5.75 Å². The Balaban J connectivity index is 2.26. The van der Waals surface area contributed by atoms with E-state index in [4.69, 9.17) is 10.5 Å². The number of ether oxygens (including phenoxy) is 1. The van der Waals surface area contributed by atoms with Gasteiger partial charge in [-0.1, -0.05) is 6.92 Å². The Morgan fingerprint density at radius 2 is 2.11 bits per heavy atom. The Morgan fingerprint density at radius 3 is 2.78 bits per heavy atom. The molecule has 0 bridgehead atoms. The fourth-order valence-electron chi connectivity index (χ4n) is 2.59. The molecule has 1 saturated heterocycles. The molecular formula is C14H21FN2O. The summed E-state index contributed by atoms with van der Waals surface area (Å²) < 4.78 is 18.4. The van der Waals surface area contributed by atoms with Crippen LogP contribution in [0.25, 0.3) is 0 Å². The molecule has 1 aliphatic rings. The third-order valence-corrected chi connectivity index (χ3v) is 4.10. The van der Waals surface area contributed by atoms with Gasteiger partial charge in [0.1, 0.15) is 0 Å². The van der Waals surface area contributed by atoms with E-state index in [1.165, 1.54) is 13.2 Å². The summed E-state index contributed by atoms with van der Waals surface area (Å²) in [5, 5.41) is 0. The first-order chi connectivity index (χ1) is 8.54. The Labute approximate surface area is 108 Å². The van der Waals surface area contributed by atoms with Crippen molar-refractivity contribution in [3.05, 3.63) is 24.0 Å². The molecule has 1 aromatic rings. The number of anilines is 1. The highest BCUT2D eigenvalue weighted by molar-refractivity contribution is 5.52. The minimum Gasteiger partial charge on any atom is -0.494 e. The van der Waals surface area contributed by atoms with E-state index in [0.29, 0.717) is 17.7 Å². The highest BCUT2D eigenvalue weighted by Crippen LogP contribution is 2.31. The predicted molar refractivity (Wildman–Crippen MR) is 71.5 cm³/mol. The molecule has 3 unspecified atom stereocenters. The first-order valence-electron chi connectivity index (χ1n) is 6.40. The van der Waals surface area contributed by atoms with Crippen LogP contribution in [-0.4, -0.2) is 25.7 Å². The molecule has 3 atom stereocenters. The normalized spacial score (nSPS) is 28.3. The molecule has 4 heteroatoms. The van der Waals surface area contributed by atoms with E-state index in [2.05, 4.69) is 18.7 Å². The number of nitrogens with zero attached hydrogens (tertiary/aromatic N) is 1. The zero-order chi connectivity index (χ0) is 13.3. The molecule has 18 heavy (non-hydrogen) atoms. The maximum Gasteiger partial charge on any atom is 0.165 e. The van der Waals surface area contributed by atoms with Gasteiger partial charge in [-0.05, 0) is 31.4 Å². The molecule has 3 nitrogen and oxygen atoms in total.